The van der Waals surface area contributed by atoms with Crippen LogP contribution in [0.15, 0.2) is 39.5 Å². The number of piperidine rings is 1. The van der Waals surface area contributed by atoms with Crippen molar-refractivity contribution in [2.75, 3.05) is 18.0 Å². The number of fused-ring (bicyclic) bond motifs is 1. The highest BCUT2D eigenvalue weighted by Crippen LogP contribution is 2.24. The van der Waals surface area contributed by atoms with Crippen molar-refractivity contribution in [2.45, 2.75) is 32.4 Å². The third-order valence-electron chi connectivity index (χ3n) is 4.53. The summed E-state index contributed by atoms with van der Waals surface area (Å²) in [5, 5.41) is 3.50. The lowest BCUT2D eigenvalue weighted by atomic mass is 10.1. The molecule has 0 atom stereocenters. The molecule has 1 fully saturated rings. The lowest BCUT2D eigenvalue weighted by Crippen LogP contribution is -2.42. The van der Waals surface area contributed by atoms with Crippen LogP contribution in [0, 0.1) is 6.92 Å². The van der Waals surface area contributed by atoms with Crippen molar-refractivity contribution in [1.29, 1.82) is 0 Å². The first-order chi connectivity index (χ1) is 12.2. The molecule has 4 rings (SSSR count). The summed E-state index contributed by atoms with van der Waals surface area (Å²) in [6.45, 7) is 4.20. The summed E-state index contributed by atoms with van der Waals surface area (Å²) >= 11 is 0. The number of oxazole rings is 1. The van der Waals surface area contributed by atoms with E-state index in [1.165, 1.54) is 0 Å². The van der Waals surface area contributed by atoms with E-state index in [2.05, 4.69) is 25.2 Å². The molecule has 7 heteroatoms. The molecule has 130 valence electrons. The van der Waals surface area contributed by atoms with E-state index < -0.39 is 0 Å². The van der Waals surface area contributed by atoms with E-state index in [-0.39, 0.29) is 5.56 Å². The Morgan fingerprint density at radius 1 is 1.28 bits per heavy atom. The first-order valence-corrected chi connectivity index (χ1v) is 8.58. The van der Waals surface area contributed by atoms with Crippen molar-refractivity contribution in [3.05, 3.63) is 52.2 Å². The second-order valence-electron chi connectivity index (χ2n) is 6.43. The van der Waals surface area contributed by atoms with Gasteiger partial charge in [-0.3, -0.25) is 4.79 Å². The molecule has 25 heavy (non-hydrogen) atoms. The molecule has 0 spiro atoms. The molecule has 0 aliphatic carbocycles. The number of aromatic nitrogens is 3. The van der Waals surface area contributed by atoms with E-state index in [9.17, 15) is 4.79 Å². The predicted molar refractivity (Wildman–Crippen MR) is 95.7 cm³/mol. The van der Waals surface area contributed by atoms with E-state index in [0.29, 0.717) is 24.4 Å². The average molecular weight is 339 g/mol. The zero-order valence-corrected chi connectivity index (χ0v) is 14.2. The Labute approximate surface area is 145 Å². The second-order valence-corrected chi connectivity index (χ2v) is 6.43. The van der Waals surface area contributed by atoms with E-state index in [4.69, 9.17) is 4.42 Å². The van der Waals surface area contributed by atoms with E-state index in [1.807, 2.05) is 24.3 Å². The molecule has 0 bridgehead atoms. The van der Waals surface area contributed by atoms with Crippen molar-refractivity contribution in [3.8, 4) is 0 Å². The minimum Gasteiger partial charge on any atom is -0.423 e. The monoisotopic (exact) mass is 339 g/mol. The van der Waals surface area contributed by atoms with E-state index in [1.54, 1.807) is 13.0 Å². The smallest absolute Gasteiger partial charge is 0.298 e. The van der Waals surface area contributed by atoms with Gasteiger partial charge in [-0.25, -0.2) is 4.98 Å². The maximum absolute atomic E-state index is 11.5. The van der Waals surface area contributed by atoms with Crippen LogP contribution in [0.3, 0.4) is 0 Å². The van der Waals surface area contributed by atoms with Crippen molar-refractivity contribution < 1.29 is 4.42 Å². The highest BCUT2D eigenvalue weighted by Gasteiger charge is 2.22. The third-order valence-corrected chi connectivity index (χ3v) is 4.53. The van der Waals surface area contributed by atoms with Gasteiger partial charge in [-0.1, -0.05) is 12.1 Å². The average Bonchev–Trinajstić information content (AvgIpc) is 3.04. The lowest BCUT2D eigenvalue weighted by molar-refractivity contribution is 0.398. The molecule has 1 saturated heterocycles. The number of para-hydroxylation sites is 2. The molecule has 2 N–H and O–H groups in total. The normalized spacial score (nSPS) is 15.8. The molecule has 0 radical (unpaired) electrons. The van der Waals surface area contributed by atoms with Crippen LogP contribution < -0.4 is 15.8 Å². The summed E-state index contributed by atoms with van der Waals surface area (Å²) in [5.41, 5.74) is 2.40. The van der Waals surface area contributed by atoms with Crippen molar-refractivity contribution >= 4 is 17.1 Å². The Kier molecular flexibility index (Phi) is 4.23. The Hall–Kier alpha value is -2.67. The van der Waals surface area contributed by atoms with Gasteiger partial charge in [0.05, 0.1) is 5.69 Å². The number of nitrogens with one attached hydrogen (secondary N) is 2. The molecule has 1 aliphatic heterocycles. The van der Waals surface area contributed by atoms with Gasteiger partial charge in [-0.15, -0.1) is 0 Å². The topological polar surface area (TPSA) is 87.1 Å². The van der Waals surface area contributed by atoms with Crippen LogP contribution in [0.4, 0.5) is 6.01 Å². The van der Waals surface area contributed by atoms with Crippen molar-refractivity contribution in [3.63, 3.8) is 0 Å². The number of anilines is 1. The largest absolute Gasteiger partial charge is 0.423 e. The summed E-state index contributed by atoms with van der Waals surface area (Å²) in [6.07, 6.45) is 2.00. The zero-order chi connectivity index (χ0) is 17.2. The quantitative estimate of drug-likeness (QED) is 0.756. The Morgan fingerprint density at radius 3 is 2.84 bits per heavy atom. The van der Waals surface area contributed by atoms with Gasteiger partial charge in [0.25, 0.3) is 11.6 Å². The van der Waals surface area contributed by atoms with E-state index >= 15 is 0 Å². The zero-order valence-electron chi connectivity index (χ0n) is 14.2. The SMILES string of the molecule is Cc1nc(CNC2CCN(c3nc4ccccc4o3)CC2)cc(=O)[nH]1. The number of hydrogen-bond donors (Lipinski definition) is 2. The Balaban J connectivity index is 1.34. The standard InChI is InChI=1S/C18H21N5O2/c1-12-20-14(10-17(24)21-12)11-19-13-6-8-23(9-7-13)18-22-15-4-2-3-5-16(15)25-18/h2-5,10,13,19H,6-9,11H2,1H3,(H,20,21,24). The number of nitrogens with zero attached hydrogens (tertiary/aromatic N) is 3. The minimum atomic E-state index is -0.102. The van der Waals surface area contributed by atoms with Crippen molar-refractivity contribution in [1.82, 2.24) is 20.3 Å². The highest BCUT2D eigenvalue weighted by atomic mass is 16.4. The fourth-order valence-corrected chi connectivity index (χ4v) is 3.25. The first kappa shape index (κ1) is 15.8. The summed E-state index contributed by atoms with van der Waals surface area (Å²) in [7, 11) is 0. The van der Waals surface area contributed by atoms with Gasteiger partial charge in [-0.05, 0) is 31.9 Å². The number of benzene rings is 1. The summed E-state index contributed by atoms with van der Waals surface area (Å²) in [4.78, 5) is 25.3. The molecule has 3 aromatic rings. The van der Waals surface area contributed by atoms with Crippen LogP contribution in [-0.2, 0) is 6.54 Å². The number of rotatable bonds is 4. The molecule has 1 aromatic carbocycles. The molecule has 2 aromatic heterocycles. The molecule has 0 unspecified atom stereocenters. The Bertz CT molecular complexity index is 891. The fourth-order valence-electron chi connectivity index (χ4n) is 3.25. The Morgan fingerprint density at radius 2 is 2.08 bits per heavy atom. The first-order valence-electron chi connectivity index (χ1n) is 8.58. The lowest BCUT2D eigenvalue weighted by Gasteiger charge is -2.31. The number of hydrogen-bond acceptors (Lipinski definition) is 6. The number of aryl methyl sites for hydroxylation is 1. The van der Waals surface area contributed by atoms with Gasteiger partial charge < -0.3 is 19.6 Å². The second kappa shape index (κ2) is 6.68. The number of H-pyrrole nitrogens is 1. The van der Waals surface area contributed by atoms with Gasteiger partial charge in [0, 0.05) is 31.7 Å². The predicted octanol–water partition coefficient (Wildman–Crippen LogP) is 1.98. The van der Waals surface area contributed by atoms with Crippen LogP contribution in [0.5, 0.6) is 0 Å². The van der Waals surface area contributed by atoms with Crippen LogP contribution in [0.1, 0.15) is 24.4 Å². The molecule has 1 aliphatic rings. The summed E-state index contributed by atoms with van der Waals surface area (Å²) in [5.74, 6) is 0.648. The number of aromatic amines is 1. The maximum Gasteiger partial charge on any atom is 0.298 e. The summed E-state index contributed by atoms with van der Waals surface area (Å²) < 4.78 is 5.84. The molecule has 3 heterocycles. The van der Waals surface area contributed by atoms with Crippen LogP contribution in [0.2, 0.25) is 0 Å². The fraction of sp³-hybridized carbons (Fsp3) is 0.389. The molecule has 0 saturated carbocycles. The molecular formula is C18H21N5O2. The van der Waals surface area contributed by atoms with E-state index in [0.717, 1.165) is 42.7 Å². The van der Waals surface area contributed by atoms with Crippen LogP contribution in [-0.4, -0.2) is 34.1 Å². The third kappa shape index (κ3) is 3.56. The summed E-state index contributed by atoms with van der Waals surface area (Å²) in [6, 6.07) is 10.5. The highest BCUT2D eigenvalue weighted by molar-refractivity contribution is 5.74. The molecule has 7 nitrogen and oxygen atoms in total. The van der Waals surface area contributed by atoms with Gasteiger partial charge in [0.15, 0.2) is 5.58 Å². The molecular weight excluding hydrogens is 318 g/mol. The van der Waals surface area contributed by atoms with Gasteiger partial charge in [0.2, 0.25) is 0 Å². The minimum absolute atomic E-state index is 0.102. The maximum atomic E-state index is 11.5. The van der Waals surface area contributed by atoms with Crippen LogP contribution >= 0.6 is 0 Å². The van der Waals surface area contributed by atoms with Crippen LogP contribution in [0.25, 0.3) is 11.1 Å². The van der Waals surface area contributed by atoms with Gasteiger partial charge >= 0.3 is 0 Å². The van der Waals surface area contributed by atoms with Crippen molar-refractivity contribution in [2.24, 2.45) is 0 Å². The molecule has 0 amide bonds. The van der Waals surface area contributed by atoms with Gasteiger partial charge in [-0.2, -0.15) is 4.98 Å². The van der Waals surface area contributed by atoms with Gasteiger partial charge in [0.1, 0.15) is 11.3 Å².